The fourth-order valence-electron chi connectivity index (χ4n) is 4.43. The molecule has 0 aromatic heterocycles. The number of aryl methyl sites for hydroxylation is 1. The molecule has 1 amide bonds. The molecule has 0 aliphatic carbocycles. The van der Waals surface area contributed by atoms with E-state index in [1.807, 2.05) is 56.3 Å². The van der Waals surface area contributed by atoms with Crippen LogP contribution in [0.4, 0.5) is 0 Å². The predicted molar refractivity (Wildman–Crippen MR) is 117 cm³/mol. The van der Waals surface area contributed by atoms with Crippen molar-refractivity contribution in [3.05, 3.63) is 70.8 Å². The van der Waals surface area contributed by atoms with Gasteiger partial charge in [-0.05, 0) is 54.2 Å². The van der Waals surface area contributed by atoms with Crippen molar-refractivity contribution >= 4 is 17.4 Å². The average molecular weight is 421 g/mol. The third kappa shape index (κ3) is 4.35. The molecule has 1 fully saturated rings. The molecule has 4 rings (SSSR count). The lowest BCUT2D eigenvalue weighted by molar-refractivity contribution is -0.141. The number of hydrogen-bond acceptors (Lipinski definition) is 4. The average Bonchev–Trinajstić information content (AvgIpc) is 3.23. The second kappa shape index (κ2) is 8.55. The summed E-state index contributed by atoms with van der Waals surface area (Å²) in [5, 5.41) is 19.4. The Morgan fingerprint density at radius 1 is 1.19 bits per heavy atom. The molecule has 2 aliphatic rings. The van der Waals surface area contributed by atoms with E-state index >= 15 is 0 Å². The maximum Gasteiger partial charge on any atom is 0.308 e. The normalized spacial score (nSPS) is 21.1. The number of carbonyl (C=O) groups is 2. The van der Waals surface area contributed by atoms with Crippen LogP contribution in [0.1, 0.15) is 35.6 Å². The van der Waals surface area contributed by atoms with Crippen LogP contribution < -0.4 is 4.74 Å². The van der Waals surface area contributed by atoms with Gasteiger partial charge in [0.2, 0.25) is 12.2 Å². The molecule has 2 unspecified atom stereocenters. The molecule has 2 aromatic carbocycles. The monoisotopic (exact) mass is 421 g/mol. The summed E-state index contributed by atoms with van der Waals surface area (Å²) in [7, 11) is 0. The van der Waals surface area contributed by atoms with Crippen LogP contribution in [0, 0.1) is 18.8 Å². The highest BCUT2D eigenvalue weighted by Crippen LogP contribution is 2.37. The van der Waals surface area contributed by atoms with Gasteiger partial charge in [0, 0.05) is 24.6 Å². The molecule has 2 aromatic rings. The molecule has 6 nitrogen and oxygen atoms in total. The molecule has 0 saturated carbocycles. The Labute approximate surface area is 181 Å². The first kappa shape index (κ1) is 21.1. The van der Waals surface area contributed by atoms with Gasteiger partial charge in [-0.3, -0.25) is 9.59 Å². The van der Waals surface area contributed by atoms with Crippen LogP contribution in [0.2, 0.25) is 0 Å². The number of aliphatic carboxylic acids is 1. The van der Waals surface area contributed by atoms with E-state index in [1.165, 1.54) is 0 Å². The smallest absolute Gasteiger partial charge is 0.308 e. The highest BCUT2D eigenvalue weighted by Gasteiger charge is 2.32. The van der Waals surface area contributed by atoms with Crippen LogP contribution in [0.5, 0.6) is 5.75 Å². The molecule has 3 atom stereocenters. The first-order valence-electron chi connectivity index (χ1n) is 10.6. The van der Waals surface area contributed by atoms with Crippen LogP contribution in [-0.2, 0) is 16.0 Å². The number of carboxylic acids is 1. The van der Waals surface area contributed by atoms with Gasteiger partial charge in [0.15, 0.2) is 0 Å². The van der Waals surface area contributed by atoms with Gasteiger partial charge >= 0.3 is 5.97 Å². The van der Waals surface area contributed by atoms with E-state index in [9.17, 15) is 14.7 Å². The van der Waals surface area contributed by atoms with Gasteiger partial charge in [-0.15, -0.1) is 0 Å². The Balaban J connectivity index is 1.52. The van der Waals surface area contributed by atoms with Gasteiger partial charge in [0.05, 0.1) is 5.92 Å². The summed E-state index contributed by atoms with van der Waals surface area (Å²) in [4.78, 5) is 25.6. The Morgan fingerprint density at radius 3 is 2.68 bits per heavy atom. The Hall–Kier alpha value is -3.12. The fraction of sp³-hybridized carbons (Fsp3) is 0.360. The number of aliphatic hydroxyl groups is 1. The van der Waals surface area contributed by atoms with Crippen molar-refractivity contribution in [1.82, 2.24) is 4.90 Å². The zero-order valence-electron chi connectivity index (χ0n) is 17.7. The topological polar surface area (TPSA) is 87.1 Å². The molecule has 2 aliphatic heterocycles. The minimum absolute atomic E-state index is 0.0251. The number of aliphatic hydroxyl groups excluding tert-OH is 1. The quantitative estimate of drug-likeness (QED) is 0.774. The zero-order chi connectivity index (χ0) is 22.1. The van der Waals surface area contributed by atoms with Crippen molar-refractivity contribution in [2.24, 2.45) is 11.8 Å². The molecular weight excluding hydrogens is 394 g/mol. The summed E-state index contributed by atoms with van der Waals surface area (Å²) < 4.78 is 5.66. The van der Waals surface area contributed by atoms with Crippen molar-refractivity contribution in [3.8, 4) is 5.75 Å². The summed E-state index contributed by atoms with van der Waals surface area (Å²) in [5.41, 5.74) is 4.93. The van der Waals surface area contributed by atoms with Gasteiger partial charge in [-0.25, -0.2) is 0 Å². The zero-order valence-corrected chi connectivity index (χ0v) is 17.7. The van der Waals surface area contributed by atoms with E-state index in [0.29, 0.717) is 25.1 Å². The molecule has 2 heterocycles. The van der Waals surface area contributed by atoms with Crippen LogP contribution in [0.3, 0.4) is 0 Å². The summed E-state index contributed by atoms with van der Waals surface area (Å²) >= 11 is 0. The SMILES string of the molecule is Cc1ccccc1C1=CC(O)Oc2cc(CC(C)C(=O)N3CC[C@H](C(=O)O)C3)ccc21. The Bertz CT molecular complexity index is 1040. The standard InChI is InChI=1S/C25H27NO5/c1-15-5-3-4-6-19(15)21-13-23(27)31-22-12-17(7-8-20(21)22)11-16(2)24(28)26-10-9-18(14-26)25(29)30/h3-8,12-13,16,18,23,27H,9-11,14H2,1-2H3,(H,29,30)/t16?,18-,23?/m0/s1. The number of rotatable bonds is 5. The van der Waals surface area contributed by atoms with Crippen molar-refractivity contribution in [3.63, 3.8) is 0 Å². The lowest BCUT2D eigenvalue weighted by Gasteiger charge is -2.25. The Morgan fingerprint density at radius 2 is 1.97 bits per heavy atom. The second-order valence-electron chi connectivity index (χ2n) is 8.45. The van der Waals surface area contributed by atoms with Gasteiger partial charge < -0.3 is 19.8 Å². The fourth-order valence-corrected chi connectivity index (χ4v) is 4.43. The van der Waals surface area contributed by atoms with E-state index in [-0.39, 0.29) is 18.4 Å². The summed E-state index contributed by atoms with van der Waals surface area (Å²) in [6, 6.07) is 13.9. The highest BCUT2D eigenvalue weighted by atomic mass is 16.6. The molecule has 31 heavy (non-hydrogen) atoms. The third-order valence-corrected chi connectivity index (χ3v) is 6.14. The summed E-state index contributed by atoms with van der Waals surface area (Å²) in [6.45, 7) is 4.67. The van der Waals surface area contributed by atoms with Crippen LogP contribution in [-0.4, -0.2) is 46.4 Å². The highest BCUT2D eigenvalue weighted by molar-refractivity contribution is 5.85. The second-order valence-corrected chi connectivity index (χ2v) is 8.45. The summed E-state index contributed by atoms with van der Waals surface area (Å²) in [5.74, 6) is -1.02. The van der Waals surface area contributed by atoms with Crippen LogP contribution in [0.25, 0.3) is 5.57 Å². The van der Waals surface area contributed by atoms with E-state index in [1.54, 1.807) is 11.0 Å². The number of amides is 1. The first-order chi connectivity index (χ1) is 14.8. The number of benzene rings is 2. The number of nitrogens with zero attached hydrogens (tertiary/aromatic N) is 1. The van der Waals surface area contributed by atoms with Crippen molar-refractivity contribution < 1.29 is 24.5 Å². The van der Waals surface area contributed by atoms with Gasteiger partial charge in [-0.2, -0.15) is 0 Å². The van der Waals surface area contributed by atoms with E-state index < -0.39 is 18.2 Å². The van der Waals surface area contributed by atoms with E-state index in [0.717, 1.165) is 27.8 Å². The predicted octanol–water partition coefficient (Wildman–Crippen LogP) is 3.25. The lowest BCUT2D eigenvalue weighted by Crippen LogP contribution is -2.34. The summed E-state index contributed by atoms with van der Waals surface area (Å²) in [6.07, 6.45) is 1.70. The molecule has 0 radical (unpaired) electrons. The van der Waals surface area contributed by atoms with Gasteiger partial charge in [0.25, 0.3) is 0 Å². The first-order valence-corrected chi connectivity index (χ1v) is 10.6. The minimum atomic E-state index is -1.03. The number of ether oxygens (including phenoxy) is 1. The number of fused-ring (bicyclic) bond motifs is 1. The van der Waals surface area contributed by atoms with Gasteiger partial charge in [0.1, 0.15) is 5.75 Å². The van der Waals surface area contributed by atoms with Crippen LogP contribution in [0.15, 0.2) is 48.5 Å². The molecule has 2 N–H and O–H groups in total. The van der Waals surface area contributed by atoms with Crippen molar-refractivity contribution in [2.75, 3.05) is 13.1 Å². The molecule has 6 heteroatoms. The maximum atomic E-state index is 12.8. The van der Waals surface area contributed by atoms with Gasteiger partial charge in [-0.1, -0.05) is 43.3 Å². The number of carbonyl (C=O) groups excluding carboxylic acids is 1. The van der Waals surface area contributed by atoms with E-state index in [4.69, 9.17) is 9.84 Å². The largest absolute Gasteiger partial charge is 0.481 e. The lowest BCUT2D eigenvalue weighted by atomic mass is 9.90. The maximum absolute atomic E-state index is 12.8. The molecular formula is C25H27NO5. The number of hydrogen-bond donors (Lipinski definition) is 2. The Kier molecular flexibility index (Phi) is 5.83. The third-order valence-electron chi connectivity index (χ3n) is 6.14. The van der Waals surface area contributed by atoms with E-state index in [2.05, 4.69) is 0 Å². The molecule has 1 saturated heterocycles. The molecule has 0 bridgehead atoms. The van der Waals surface area contributed by atoms with Crippen molar-refractivity contribution in [2.45, 2.75) is 33.0 Å². The van der Waals surface area contributed by atoms with Crippen LogP contribution >= 0.6 is 0 Å². The minimum Gasteiger partial charge on any atom is -0.481 e. The number of likely N-dealkylation sites (tertiary alicyclic amines) is 1. The molecule has 162 valence electrons. The molecule has 0 spiro atoms. The van der Waals surface area contributed by atoms with Crippen molar-refractivity contribution in [1.29, 1.82) is 0 Å². The number of carboxylic acid groups (broad SMARTS) is 1.